The molecule has 0 saturated heterocycles. The van der Waals surface area contributed by atoms with Crippen molar-refractivity contribution < 1.29 is 30.6 Å². The Bertz CT molecular complexity index is 1430. The van der Waals surface area contributed by atoms with Gasteiger partial charge in [-0.3, -0.25) is 0 Å². The van der Waals surface area contributed by atoms with Crippen molar-refractivity contribution >= 4 is 33.5 Å². The zero-order chi connectivity index (χ0) is 26.1. The van der Waals surface area contributed by atoms with Gasteiger partial charge in [-0.2, -0.15) is 0 Å². The minimum atomic E-state index is -2.64. The van der Waals surface area contributed by atoms with Gasteiger partial charge in [-0.1, -0.05) is 18.2 Å². The highest BCUT2D eigenvalue weighted by molar-refractivity contribution is 7.17. The minimum Gasteiger partial charge on any atom is -0.493 e. The first-order valence-corrected chi connectivity index (χ1v) is 10.1. The number of thiophene rings is 1. The summed E-state index contributed by atoms with van der Waals surface area (Å²) in [5.74, 6) is -1.56. The molecule has 2 aromatic heterocycles. The largest absolute Gasteiger partial charge is 0.493 e. The lowest BCUT2D eigenvalue weighted by molar-refractivity contribution is -0.135. The first-order chi connectivity index (χ1) is 17.0. The van der Waals surface area contributed by atoms with E-state index in [4.69, 9.17) is 20.7 Å². The molecule has 0 atom stereocenters. The highest BCUT2D eigenvalue weighted by Crippen LogP contribution is 2.34. The molecule has 0 aliphatic rings. The Hall–Kier alpha value is -3.58. The number of methoxy groups -OCH3 is 1. The second kappa shape index (κ2) is 9.06. The third-order valence-electron chi connectivity index (χ3n) is 4.46. The van der Waals surface area contributed by atoms with E-state index in [9.17, 15) is 9.90 Å². The molecule has 0 radical (unpaired) electrons. The number of carboxylic acids is 1. The van der Waals surface area contributed by atoms with Gasteiger partial charge in [-0.25, -0.2) is 9.78 Å². The van der Waals surface area contributed by atoms with Gasteiger partial charge < -0.3 is 19.0 Å². The first kappa shape index (κ1) is 15.3. The fourth-order valence-electron chi connectivity index (χ4n) is 2.97. The number of oxazole rings is 1. The molecule has 0 saturated carbocycles. The lowest BCUT2D eigenvalue weighted by Gasteiger charge is -2.09. The molecule has 7 heteroatoms. The predicted octanol–water partition coefficient (Wildman–Crippen LogP) is 5.56. The van der Waals surface area contributed by atoms with Crippen molar-refractivity contribution in [2.45, 2.75) is 13.3 Å². The number of hydrogen-bond acceptors (Lipinski definition) is 6. The molecule has 6 nitrogen and oxygen atoms in total. The molecule has 4 aromatic rings. The number of benzene rings is 2. The average molecular weight is 441 g/mol. The van der Waals surface area contributed by atoms with E-state index in [0.717, 1.165) is 0 Å². The number of carboxylic acid groups (broad SMARTS) is 1. The van der Waals surface area contributed by atoms with Crippen LogP contribution in [0.15, 0.2) is 64.1 Å². The van der Waals surface area contributed by atoms with Crippen LogP contribution in [0.1, 0.15) is 23.9 Å². The topological polar surface area (TPSA) is 81.8 Å². The summed E-state index contributed by atoms with van der Waals surface area (Å²) in [6.45, 7) is -4.97. The van der Waals surface area contributed by atoms with E-state index >= 15 is 0 Å². The van der Waals surface area contributed by atoms with Gasteiger partial charge >= 0.3 is 5.97 Å². The zero-order valence-corrected chi connectivity index (χ0v) is 17.2. The predicted molar refractivity (Wildman–Crippen MR) is 120 cm³/mol. The lowest BCUT2D eigenvalue weighted by Crippen LogP contribution is -2.03. The van der Waals surface area contributed by atoms with Crippen molar-refractivity contribution in [1.82, 2.24) is 4.98 Å². The Morgan fingerprint density at radius 1 is 1.29 bits per heavy atom. The van der Waals surface area contributed by atoms with Crippen LogP contribution in [-0.4, -0.2) is 29.7 Å². The molecule has 1 N–H and O–H groups in total. The Kier molecular flexibility index (Phi) is 4.46. The Morgan fingerprint density at radius 3 is 2.87 bits per heavy atom. The van der Waals surface area contributed by atoms with Crippen molar-refractivity contribution in [3.05, 3.63) is 76.7 Å². The summed E-state index contributed by atoms with van der Waals surface area (Å²) >= 11 is 1.33. The summed E-state index contributed by atoms with van der Waals surface area (Å²) in [5.41, 5.74) is 1.07. The summed E-state index contributed by atoms with van der Waals surface area (Å²) in [4.78, 5) is 15.6. The molecule has 0 fully saturated rings. The molecule has 0 aliphatic heterocycles. The van der Waals surface area contributed by atoms with E-state index < -0.39 is 31.6 Å². The normalized spacial score (nSPS) is 14.9. The molecule has 4 rings (SSSR count). The fourth-order valence-corrected chi connectivity index (χ4v) is 3.87. The van der Waals surface area contributed by atoms with E-state index in [1.54, 1.807) is 47.8 Å². The van der Waals surface area contributed by atoms with Crippen LogP contribution in [0.4, 0.5) is 0 Å². The van der Waals surface area contributed by atoms with Gasteiger partial charge in [0.2, 0.25) is 11.6 Å². The molecule has 0 unspecified atom stereocenters. The van der Waals surface area contributed by atoms with Crippen molar-refractivity contribution in [3.8, 4) is 17.2 Å². The van der Waals surface area contributed by atoms with Crippen molar-refractivity contribution in [3.63, 3.8) is 0 Å². The van der Waals surface area contributed by atoms with Gasteiger partial charge in [0.15, 0.2) is 0 Å². The van der Waals surface area contributed by atoms with Crippen molar-refractivity contribution in [1.29, 1.82) is 0 Å². The number of carbonyl (C=O) groups is 1. The van der Waals surface area contributed by atoms with E-state index in [1.807, 2.05) is 0 Å². The van der Waals surface area contributed by atoms with E-state index in [1.165, 1.54) is 30.6 Å². The Labute approximate surface area is 190 Å². The number of nitrogens with zero attached hydrogens (tertiary/aromatic N) is 1. The highest BCUT2D eigenvalue weighted by Gasteiger charge is 2.14. The van der Waals surface area contributed by atoms with Gasteiger partial charge in [-0.05, 0) is 54.2 Å². The van der Waals surface area contributed by atoms with Crippen LogP contribution in [0.2, 0.25) is 0 Å². The molecule has 31 heavy (non-hydrogen) atoms. The second-order valence-corrected chi connectivity index (χ2v) is 7.33. The quantitative estimate of drug-likeness (QED) is 0.285. The molecule has 0 spiro atoms. The Balaban J connectivity index is 1.66. The van der Waals surface area contributed by atoms with Crippen LogP contribution in [0.3, 0.4) is 0 Å². The number of rotatable bonds is 8. The summed E-state index contributed by atoms with van der Waals surface area (Å²) in [6, 6.07) is 13.6. The van der Waals surface area contributed by atoms with Crippen LogP contribution in [0.25, 0.3) is 27.6 Å². The molecular weight excluding hydrogens is 414 g/mol. The summed E-state index contributed by atoms with van der Waals surface area (Å²) in [5, 5.41) is 11.6. The number of ether oxygens (including phenoxy) is 2. The van der Waals surface area contributed by atoms with Crippen LogP contribution >= 0.6 is 11.3 Å². The van der Waals surface area contributed by atoms with Crippen LogP contribution in [0, 0.1) is 6.85 Å². The van der Waals surface area contributed by atoms with Crippen LogP contribution < -0.4 is 4.74 Å². The number of hydrogen-bond donors (Lipinski definition) is 1. The molecular formula is C24H21NO5S. The molecule has 2 aromatic carbocycles. The monoisotopic (exact) mass is 440 g/mol. The molecule has 0 aliphatic carbocycles. The van der Waals surface area contributed by atoms with Gasteiger partial charge in [0, 0.05) is 26.2 Å². The number of aryl methyl sites for hydroxylation is 2. The van der Waals surface area contributed by atoms with Gasteiger partial charge in [0.05, 0.1) is 22.1 Å². The number of aromatic nitrogens is 1. The summed E-state index contributed by atoms with van der Waals surface area (Å²) < 4.78 is 57.2. The average Bonchev–Trinajstić information content (AvgIpc) is 3.46. The highest BCUT2D eigenvalue weighted by atomic mass is 32.1. The number of fused-ring (bicyclic) bond motifs is 1. The fraction of sp³-hybridized carbons (Fsp3) is 0.167. The smallest absolute Gasteiger partial charge is 0.371 e. The third kappa shape index (κ3) is 4.46. The van der Waals surface area contributed by atoms with Gasteiger partial charge in [0.1, 0.15) is 11.5 Å². The van der Waals surface area contributed by atoms with Crippen molar-refractivity contribution in [2.75, 3.05) is 13.7 Å². The van der Waals surface area contributed by atoms with Crippen molar-refractivity contribution in [2.24, 2.45) is 0 Å². The maximum atomic E-state index is 11.3. The Morgan fingerprint density at radius 2 is 2.13 bits per heavy atom. The van der Waals surface area contributed by atoms with E-state index in [-0.39, 0.29) is 23.1 Å². The van der Waals surface area contributed by atoms with Crippen LogP contribution in [-0.2, 0) is 16.0 Å². The van der Waals surface area contributed by atoms with E-state index in [2.05, 4.69) is 4.98 Å². The number of aliphatic carboxylic acids is 1. The van der Waals surface area contributed by atoms with Crippen LogP contribution in [0.5, 0.6) is 5.75 Å². The van der Waals surface area contributed by atoms with E-state index in [0.29, 0.717) is 21.2 Å². The SMILES string of the molecule is [2H]C([2H])(Cc1nc(-c2ccccc2)oc1C([2H])([2H])[2H])Oc1ccc(/C=C(\OC)C(=O)O)c2sccc12. The summed E-state index contributed by atoms with van der Waals surface area (Å²) in [6.07, 6.45) is 0.903. The molecule has 0 amide bonds. The minimum absolute atomic E-state index is 0.0637. The molecule has 2 heterocycles. The van der Waals surface area contributed by atoms with Gasteiger partial charge in [-0.15, -0.1) is 11.3 Å². The molecule has 158 valence electrons. The summed E-state index contributed by atoms with van der Waals surface area (Å²) in [7, 11) is 1.26. The third-order valence-corrected chi connectivity index (χ3v) is 5.43. The maximum absolute atomic E-state index is 11.3. The van der Waals surface area contributed by atoms with Gasteiger partial charge in [0.25, 0.3) is 0 Å². The first-order valence-electron chi connectivity index (χ1n) is 11.7. The standard InChI is InChI=1S/C24H21NO5S/c1-15-19(25-23(30-15)16-6-4-3-5-7-16)10-12-29-20-9-8-17(14-21(28-2)24(26)27)22-18(20)11-13-31-22/h3-9,11,13-14H,10,12H2,1-2H3,(H,26,27)/b21-14-/i1D3,12D2. The molecule has 0 bridgehead atoms. The second-order valence-electron chi connectivity index (χ2n) is 6.42. The maximum Gasteiger partial charge on any atom is 0.371 e. The zero-order valence-electron chi connectivity index (χ0n) is 21.4. The lowest BCUT2D eigenvalue weighted by atomic mass is 10.1.